The Bertz CT molecular complexity index is 613. The molecule has 0 aliphatic carbocycles. The van der Waals surface area contributed by atoms with Crippen LogP contribution in [-0.4, -0.2) is 29.6 Å². The number of hydrogen-bond acceptors (Lipinski definition) is 2. The first-order valence-corrected chi connectivity index (χ1v) is 8.28. The fourth-order valence-electron chi connectivity index (χ4n) is 2.76. The van der Waals surface area contributed by atoms with E-state index in [0.717, 1.165) is 24.1 Å². The van der Waals surface area contributed by atoms with E-state index in [-0.39, 0.29) is 18.3 Å². The van der Waals surface area contributed by atoms with Crippen molar-refractivity contribution in [2.45, 2.75) is 25.3 Å². The summed E-state index contributed by atoms with van der Waals surface area (Å²) in [5, 5.41) is 9.40. The molecule has 128 valence electrons. The van der Waals surface area contributed by atoms with Crippen LogP contribution in [0.4, 0.5) is 4.39 Å². The van der Waals surface area contributed by atoms with E-state index >= 15 is 0 Å². The largest absolute Gasteiger partial charge is 0.481 e. The predicted octanol–water partition coefficient (Wildman–Crippen LogP) is 4.76. The van der Waals surface area contributed by atoms with E-state index < -0.39 is 5.97 Å². The standard InChI is InChI=1S/C19H21ClFNO2/c1-22(13-3-2-4-18(23)24)19(14-5-9-16(20)10-6-14)15-7-11-17(21)12-8-15/h5-12,19H,2-4,13H2,1H3,(H,23,24). The molecule has 1 N–H and O–H groups in total. The Morgan fingerprint density at radius 3 is 2.17 bits per heavy atom. The first-order valence-electron chi connectivity index (χ1n) is 7.90. The van der Waals surface area contributed by atoms with Gasteiger partial charge >= 0.3 is 5.97 Å². The highest BCUT2D eigenvalue weighted by molar-refractivity contribution is 6.30. The first-order chi connectivity index (χ1) is 11.5. The van der Waals surface area contributed by atoms with Crippen molar-refractivity contribution in [3.05, 3.63) is 70.5 Å². The molecule has 24 heavy (non-hydrogen) atoms. The molecule has 2 rings (SSSR count). The summed E-state index contributed by atoms with van der Waals surface area (Å²) in [6, 6.07) is 14.0. The molecule has 0 amide bonds. The van der Waals surface area contributed by atoms with Gasteiger partial charge < -0.3 is 5.11 Å². The Morgan fingerprint density at radius 2 is 1.62 bits per heavy atom. The lowest BCUT2D eigenvalue weighted by atomic mass is 9.97. The van der Waals surface area contributed by atoms with E-state index in [9.17, 15) is 9.18 Å². The molecule has 0 spiro atoms. The molecular weight excluding hydrogens is 329 g/mol. The third-order valence-corrected chi connectivity index (χ3v) is 4.22. The molecular formula is C19H21ClFNO2. The van der Waals surface area contributed by atoms with Gasteiger partial charge in [-0.1, -0.05) is 35.9 Å². The van der Waals surface area contributed by atoms with Gasteiger partial charge in [0.05, 0.1) is 6.04 Å². The third-order valence-electron chi connectivity index (χ3n) is 3.96. The van der Waals surface area contributed by atoms with Gasteiger partial charge in [-0.2, -0.15) is 0 Å². The van der Waals surface area contributed by atoms with Crippen LogP contribution in [0.15, 0.2) is 48.5 Å². The quantitative estimate of drug-likeness (QED) is 0.699. The second-order valence-corrected chi connectivity index (χ2v) is 6.27. The molecule has 2 aromatic carbocycles. The molecule has 1 atom stereocenters. The van der Waals surface area contributed by atoms with Crippen molar-refractivity contribution in [2.24, 2.45) is 0 Å². The molecule has 0 fully saturated rings. The average molecular weight is 350 g/mol. The number of aliphatic carboxylic acids is 1. The molecule has 0 radical (unpaired) electrons. The number of carbonyl (C=O) groups is 1. The molecule has 0 heterocycles. The maximum atomic E-state index is 13.2. The van der Waals surface area contributed by atoms with E-state index in [4.69, 9.17) is 16.7 Å². The van der Waals surface area contributed by atoms with Crippen LogP contribution < -0.4 is 0 Å². The van der Waals surface area contributed by atoms with Crippen LogP contribution in [0.2, 0.25) is 5.02 Å². The molecule has 0 aromatic heterocycles. The lowest BCUT2D eigenvalue weighted by molar-refractivity contribution is -0.137. The Kier molecular flexibility index (Phi) is 6.76. The van der Waals surface area contributed by atoms with Gasteiger partial charge in [0.2, 0.25) is 0 Å². The van der Waals surface area contributed by atoms with Gasteiger partial charge in [-0.05, 0) is 61.8 Å². The summed E-state index contributed by atoms with van der Waals surface area (Å²) in [5.41, 5.74) is 2.05. The van der Waals surface area contributed by atoms with E-state index in [0.29, 0.717) is 11.4 Å². The zero-order valence-corrected chi connectivity index (χ0v) is 14.3. The van der Waals surface area contributed by atoms with Crippen LogP contribution in [-0.2, 0) is 4.79 Å². The number of hydrogen-bond donors (Lipinski definition) is 1. The highest BCUT2D eigenvalue weighted by Gasteiger charge is 2.19. The van der Waals surface area contributed by atoms with Crippen LogP contribution in [0.3, 0.4) is 0 Å². The molecule has 0 saturated heterocycles. The molecule has 0 saturated carbocycles. The minimum atomic E-state index is -0.773. The van der Waals surface area contributed by atoms with Crippen molar-refractivity contribution in [1.82, 2.24) is 4.90 Å². The van der Waals surface area contributed by atoms with Crippen LogP contribution in [0.5, 0.6) is 0 Å². The average Bonchev–Trinajstić information content (AvgIpc) is 2.55. The van der Waals surface area contributed by atoms with Crippen molar-refractivity contribution in [2.75, 3.05) is 13.6 Å². The summed E-state index contributed by atoms with van der Waals surface area (Å²) >= 11 is 5.98. The summed E-state index contributed by atoms with van der Waals surface area (Å²) in [4.78, 5) is 12.8. The normalized spacial score (nSPS) is 12.3. The maximum Gasteiger partial charge on any atom is 0.303 e. The van der Waals surface area contributed by atoms with Gasteiger partial charge in [0, 0.05) is 11.4 Å². The lowest BCUT2D eigenvalue weighted by Crippen LogP contribution is -2.26. The molecule has 5 heteroatoms. The zero-order chi connectivity index (χ0) is 17.5. The fourth-order valence-corrected chi connectivity index (χ4v) is 2.88. The fraction of sp³-hybridized carbons (Fsp3) is 0.316. The molecule has 0 bridgehead atoms. The van der Waals surface area contributed by atoms with Crippen molar-refractivity contribution in [3.8, 4) is 0 Å². The van der Waals surface area contributed by atoms with E-state index in [1.807, 2.05) is 31.3 Å². The van der Waals surface area contributed by atoms with E-state index in [2.05, 4.69) is 4.90 Å². The van der Waals surface area contributed by atoms with Gasteiger partial charge in [-0.15, -0.1) is 0 Å². The van der Waals surface area contributed by atoms with Crippen LogP contribution in [0.1, 0.15) is 36.4 Å². The van der Waals surface area contributed by atoms with Crippen LogP contribution >= 0.6 is 11.6 Å². The number of carboxylic acids is 1. The number of unbranched alkanes of at least 4 members (excludes halogenated alkanes) is 1. The zero-order valence-electron chi connectivity index (χ0n) is 13.6. The predicted molar refractivity (Wildman–Crippen MR) is 93.8 cm³/mol. The Morgan fingerprint density at radius 1 is 1.08 bits per heavy atom. The lowest BCUT2D eigenvalue weighted by Gasteiger charge is -2.29. The maximum absolute atomic E-state index is 13.2. The Labute approximate surface area is 146 Å². The highest BCUT2D eigenvalue weighted by atomic mass is 35.5. The van der Waals surface area contributed by atoms with Crippen molar-refractivity contribution < 1.29 is 14.3 Å². The topological polar surface area (TPSA) is 40.5 Å². The van der Waals surface area contributed by atoms with Gasteiger partial charge in [0.1, 0.15) is 5.82 Å². The number of benzene rings is 2. The van der Waals surface area contributed by atoms with Crippen molar-refractivity contribution in [1.29, 1.82) is 0 Å². The van der Waals surface area contributed by atoms with E-state index in [1.165, 1.54) is 12.1 Å². The molecule has 0 aliphatic rings. The summed E-state index contributed by atoms with van der Waals surface area (Å²) in [6.07, 6.45) is 1.60. The molecule has 3 nitrogen and oxygen atoms in total. The number of carboxylic acid groups (broad SMARTS) is 1. The first kappa shape index (κ1) is 18.4. The monoisotopic (exact) mass is 349 g/mol. The number of rotatable bonds is 8. The third kappa shape index (κ3) is 5.32. The van der Waals surface area contributed by atoms with Gasteiger partial charge in [0.15, 0.2) is 0 Å². The van der Waals surface area contributed by atoms with Crippen LogP contribution in [0, 0.1) is 5.82 Å². The van der Waals surface area contributed by atoms with Crippen molar-refractivity contribution in [3.63, 3.8) is 0 Å². The molecule has 1 unspecified atom stereocenters. The Balaban J connectivity index is 2.17. The SMILES string of the molecule is CN(CCCCC(=O)O)C(c1ccc(F)cc1)c1ccc(Cl)cc1. The second-order valence-electron chi connectivity index (χ2n) is 5.84. The number of halogens is 2. The molecule has 0 aliphatic heterocycles. The molecule has 2 aromatic rings. The number of nitrogens with zero attached hydrogens (tertiary/aromatic N) is 1. The highest BCUT2D eigenvalue weighted by Crippen LogP contribution is 2.29. The second kappa shape index (κ2) is 8.81. The summed E-state index contributed by atoms with van der Waals surface area (Å²) in [7, 11) is 1.99. The summed E-state index contributed by atoms with van der Waals surface area (Å²) in [5.74, 6) is -1.04. The van der Waals surface area contributed by atoms with E-state index in [1.54, 1.807) is 12.1 Å². The van der Waals surface area contributed by atoms with Crippen LogP contribution in [0.25, 0.3) is 0 Å². The Hall–Kier alpha value is -1.91. The van der Waals surface area contributed by atoms with Gasteiger partial charge in [-0.3, -0.25) is 9.69 Å². The smallest absolute Gasteiger partial charge is 0.303 e. The van der Waals surface area contributed by atoms with Gasteiger partial charge in [0.25, 0.3) is 0 Å². The minimum Gasteiger partial charge on any atom is -0.481 e. The van der Waals surface area contributed by atoms with Crippen molar-refractivity contribution >= 4 is 17.6 Å². The summed E-state index contributed by atoms with van der Waals surface area (Å²) in [6.45, 7) is 0.748. The summed E-state index contributed by atoms with van der Waals surface area (Å²) < 4.78 is 13.2. The minimum absolute atomic E-state index is 0.0345. The van der Waals surface area contributed by atoms with Gasteiger partial charge in [-0.25, -0.2) is 4.39 Å².